The average molecular weight is 561 g/mol. The van der Waals surface area contributed by atoms with Gasteiger partial charge in [0.25, 0.3) is 0 Å². The van der Waals surface area contributed by atoms with Gasteiger partial charge in [0.05, 0.1) is 31.0 Å². The number of hydrogen-bond acceptors (Lipinski definition) is 5. The average Bonchev–Trinajstić information content (AvgIpc) is 3.44. The van der Waals surface area contributed by atoms with Gasteiger partial charge >= 0.3 is 0 Å². The van der Waals surface area contributed by atoms with Crippen molar-refractivity contribution in [1.82, 2.24) is 24.7 Å². The number of hydrogen-bond donors (Lipinski definition) is 2. The Labute approximate surface area is 242 Å². The summed E-state index contributed by atoms with van der Waals surface area (Å²) >= 11 is 5.86. The summed E-state index contributed by atoms with van der Waals surface area (Å²) in [5.74, 6) is -0.0225. The van der Waals surface area contributed by atoms with Crippen molar-refractivity contribution in [2.24, 2.45) is 0 Å². The molecule has 40 heavy (non-hydrogen) atoms. The molecule has 0 saturated carbocycles. The topological polar surface area (TPSA) is 74.7 Å². The number of rotatable bonds is 10. The lowest BCUT2D eigenvalue weighted by atomic mass is 9.96. The lowest BCUT2D eigenvalue weighted by Gasteiger charge is -2.28. The third kappa shape index (κ3) is 6.37. The van der Waals surface area contributed by atoms with Gasteiger partial charge in [-0.2, -0.15) is 0 Å². The molecule has 2 aromatic heterocycles. The summed E-state index contributed by atoms with van der Waals surface area (Å²) in [6, 6.07) is 16.0. The first kappa shape index (κ1) is 28.3. The maximum absolute atomic E-state index is 13.0. The molecule has 2 aliphatic rings. The zero-order chi connectivity index (χ0) is 28.1. The van der Waals surface area contributed by atoms with Crippen molar-refractivity contribution in [2.75, 3.05) is 44.7 Å². The minimum Gasteiger partial charge on any atom is -0.379 e. The molecule has 3 aromatic rings. The van der Waals surface area contributed by atoms with Crippen LogP contribution in [0.3, 0.4) is 0 Å². The number of pyridine rings is 1. The Morgan fingerprint density at radius 1 is 1.07 bits per heavy atom. The van der Waals surface area contributed by atoms with E-state index in [1.807, 2.05) is 55.6 Å². The number of nitrogens with one attached hydrogen (secondary N) is 2. The molecule has 0 spiro atoms. The van der Waals surface area contributed by atoms with Crippen molar-refractivity contribution in [3.63, 3.8) is 0 Å². The first-order valence-electron chi connectivity index (χ1n) is 14.2. The molecule has 2 aliphatic heterocycles. The number of morpholine rings is 1. The predicted octanol–water partition coefficient (Wildman–Crippen LogP) is 4.53. The second kappa shape index (κ2) is 12.9. The van der Waals surface area contributed by atoms with Gasteiger partial charge in [-0.15, -0.1) is 0 Å². The smallest absolute Gasteiger partial charge is 0.226 e. The molecular weight excluding hydrogens is 520 g/mol. The quantitative estimate of drug-likeness (QED) is 0.353. The molecule has 5 rings (SSSR count). The Bertz CT molecular complexity index is 1320. The lowest BCUT2D eigenvalue weighted by Crippen LogP contribution is -2.37. The SMILES string of the molecule is Cc1ccccc1NC(=O)CCN1C(=S)N[C@@H](c2ccccn2)[C@H]1c1cc(C)n(CCCN2CCOCC2)c1C. The molecule has 212 valence electrons. The van der Waals surface area contributed by atoms with E-state index >= 15 is 0 Å². The Morgan fingerprint density at radius 3 is 2.60 bits per heavy atom. The van der Waals surface area contributed by atoms with Crippen LogP contribution in [0.1, 0.15) is 53.1 Å². The largest absolute Gasteiger partial charge is 0.379 e. The third-order valence-corrected chi connectivity index (χ3v) is 8.44. The van der Waals surface area contributed by atoms with E-state index in [1.165, 1.54) is 17.0 Å². The molecule has 4 heterocycles. The summed E-state index contributed by atoms with van der Waals surface area (Å²) in [4.78, 5) is 22.3. The van der Waals surface area contributed by atoms with Crippen molar-refractivity contribution in [2.45, 2.75) is 52.2 Å². The molecule has 2 fully saturated rings. The van der Waals surface area contributed by atoms with Crippen LogP contribution in [-0.2, 0) is 16.1 Å². The number of thiocarbonyl (C=S) groups is 1. The Hall–Kier alpha value is -3.27. The maximum atomic E-state index is 13.0. The third-order valence-electron chi connectivity index (χ3n) is 8.09. The molecule has 0 unspecified atom stereocenters. The van der Waals surface area contributed by atoms with E-state index in [9.17, 15) is 4.79 Å². The number of carbonyl (C=O) groups is 1. The molecule has 0 bridgehead atoms. The number of aromatic nitrogens is 2. The van der Waals surface area contributed by atoms with E-state index in [4.69, 9.17) is 17.0 Å². The van der Waals surface area contributed by atoms with Gasteiger partial charge in [-0.25, -0.2) is 0 Å². The van der Waals surface area contributed by atoms with Crippen molar-refractivity contribution < 1.29 is 9.53 Å². The van der Waals surface area contributed by atoms with Crippen molar-refractivity contribution in [1.29, 1.82) is 0 Å². The van der Waals surface area contributed by atoms with Crippen LogP contribution in [0.15, 0.2) is 54.7 Å². The molecule has 2 saturated heterocycles. The van der Waals surface area contributed by atoms with Crippen LogP contribution in [0, 0.1) is 20.8 Å². The predicted molar refractivity (Wildman–Crippen MR) is 162 cm³/mol. The van der Waals surface area contributed by atoms with Crippen LogP contribution in [0.25, 0.3) is 0 Å². The van der Waals surface area contributed by atoms with Gasteiger partial charge in [0.1, 0.15) is 0 Å². The van der Waals surface area contributed by atoms with Crippen molar-refractivity contribution in [3.8, 4) is 0 Å². The number of carbonyl (C=O) groups excluding carboxylic acids is 1. The summed E-state index contributed by atoms with van der Waals surface area (Å²) in [5, 5.41) is 7.25. The van der Waals surface area contributed by atoms with Gasteiger partial charge in [-0.3, -0.25) is 14.7 Å². The molecule has 1 amide bonds. The summed E-state index contributed by atoms with van der Waals surface area (Å²) in [6.07, 6.45) is 3.24. The van der Waals surface area contributed by atoms with Crippen LogP contribution in [0.4, 0.5) is 5.69 Å². The molecule has 8 nitrogen and oxygen atoms in total. The molecule has 0 radical (unpaired) electrons. The Balaban J connectivity index is 1.35. The van der Waals surface area contributed by atoms with Gasteiger partial charge < -0.3 is 24.8 Å². The normalized spacial score (nSPS) is 19.6. The van der Waals surface area contributed by atoms with Gasteiger partial charge in [0.15, 0.2) is 5.11 Å². The minimum atomic E-state index is -0.101. The number of nitrogens with zero attached hydrogens (tertiary/aromatic N) is 4. The fraction of sp³-hybridized carbons (Fsp3) is 0.452. The number of amides is 1. The van der Waals surface area contributed by atoms with Gasteiger partial charge in [0.2, 0.25) is 5.91 Å². The molecule has 9 heteroatoms. The Kier molecular flexibility index (Phi) is 9.14. The van der Waals surface area contributed by atoms with E-state index in [-0.39, 0.29) is 18.0 Å². The molecule has 1 aromatic carbocycles. The maximum Gasteiger partial charge on any atom is 0.226 e. The van der Waals surface area contributed by atoms with Crippen molar-refractivity contribution in [3.05, 3.63) is 82.9 Å². The monoisotopic (exact) mass is 560 g/mol. The van der Waals surface area contributed by atoms with Crippen LogP contribution < -0.4 is 10.6 Å². The highest BCUT2D eigenvalue weighted by molar-refractivity contribution is 7.80. The summed E-state index contributed by atoms with van der Waals surface area (Å²) in [5.41, 5.74) is 6.54. The summed E-state index contributed by atoms with van der Waals surface area (Å²) in [7, 11) is 0. The van der Waals surface area contributed by atoms with Crippen LogP contribution >= 0.6 is 12.2 Å². The van der Waals surface area contributed by atoms with Gasteiger partial charge in [0, 0.05) is 62.4 Å². The fourth-order valence-corrected chi connectivity index (χ4v) is 6.21. The highest BCUT2D eigenvalue weighted by Gasteiger charge is 2.41. The number of aryl methyl sites for hydroxylation is 2. The highest BCUT2D eigenvalue weighted by Crippen LogP contribution is 2.41. The van der Waals surface area contributed by atoms with E-state index in [0.717, 1.165) is 62.8 Å². The second-order valence-corrected chi connectivity index (χ2v) is 11.1. The zero-order valence-corrected chi connectivity index (χ0v) is 24.5. The molecule has 0 aliphatic carbocycles. The number of benzene rings is 1. The summed E-state index contributed by atoms with van der Waals surface area (Å²) in [6.45, 7) is 12.6. The van der Waals surface area contributed by atoms with E-state index in [2.05, 4.69) is 49.9 Å². The van der Waals surface area contributed by atoms with Gasteiger partial charge in [-0.1, -0.05) is 24.3 Å². The van der Waals surface area contributed by atoms with E-state index < -0.39 is 0 Å². The lowest BCUT2D eigenvalue weighted by molar-refractivity contribution is -0.116. The molecule has 2 N–H and O–H groups in total. The molecule has 2 atom stereocenters. The molecular formula is C31H40N6O2S. The number of ether oxygens (including phenoxy) is 1. The number of anilines is 1. The minimum absolute atomic E-state index is 0.0225. The fourth-order valence-electron chi connectivity index (χ4n) is 5.88. The van der Waals surface area contributed by atoms with E-state index in [0.29, 0.717) is 18.1 Å². The second-order valence-electron chi connectivity index (χ2n) is 10.7. The number of para-hydroxylation sites is 1. The standard InChI is InChI=1S/C31H40N6O2S/c1-22-9-4-5-10-26(22)33-28(38)12-16-37-30(29(34-31(37)40)27-11-6-7-13-32-27)25-21-23(2)36(24(25)3)15-8-14-35-17-19-39-20-18-35/h4-7,9-11,13,21,29-30H,8,12,14-20H2,1-3H3,(H,33,38)(H,34,40)/t29-,30+/m0/s1. The van der Waals surface area contributed by atoms with Crippen LogP contribution in [0.2, 0.25) is 0 Å². The van der Waals surface area contributed by atoms with Crippen LogP contribution in [-0.4, -0.2) is 69.8 Å². The van der Waals surface area contributed by atoms with Crippen molar-refractivity contribution >= 4 is 28.9 Å². The summed E-state index contributed by atoms with van der Waals surface area (Å²) < 4.78 is 7.93. The Morgan fingerprint density at radius 2 is 1.85 bits per heavy atom. The zero-order valence-electron chi connectivity index (χ0n) is 23.7. The van der Waals surface area contributed by atoms with E-state index in [1.54, 1.807) is 0 Å². The first-order chi connectivity index (χ1) is 19.4. The highest BCUT2D eigenvalue weighted by atomic mass is 32.1. The van der Waals surface area contributed by atoms with Crippen LogP contribution in [0.5, 0.6) is 0 Å². The van der Waals surface area contributed by atoms with Gasteiger partial charge in [-0.05, 0) is 74.8 Å². The first-order valence-corrected chi connectivity index (χ1v) is 14.6.